The maximum absolute atomic E-state index is 6.33. The molecule has 0 fully saturated rings. The maximum atomic E-state index is 6.33. The molecule has 0 unspecified atom stereocenters. The van der Waals surface area contributed by atoms with E-state index in [9.17, 15) is 0 Å². The zero-order chi connectivity index (χ0) is 33.7. The number of oxazole rings is 1. The van der Waals surface area contributed by atoms with E-state index in [1.54, 1.807) is 11.3 Å². The van der Waals surface area contributed by atoms with Gasteiger partial charge in [0.25, 0.3) is 0 Å². The van der Waals surface area contributed by atoms with Crippen LogP contribution in [0, 0.1) is 0 Å². The second-order valence-electron chi connectivity index (χ2n) is 12.8. The van der Waals surface area contributed by atoms with Crippen LogP contribution >= 0.6 is 11.3 Å². The van der Waals surface area contributed by atoms with Crippen molar-refractivity contribution in [3.05, 3.63) is 182 Å². The SMILES string of the molecule is c1ccc(-c2ccc(N(c3ccccc3)c3ccc(-c4ccc5c(c4)sc4cc6nc(-c7ccc8ccccc8c7)oc6cc45)cc3)cc2)cc1. The average Bonchev–Trinajstić information content (AvgIpc) is 3.78. The fourth-order valence-electron chi connectivity index (χ4n) is 7.08. The van der Waals surface area contributed by atoms with Crippen molar-refractivity contribution in [1.82, 2.24) is 4.98 Å². The first-order valence-electron chi connectivity index (χ1n) is 17.1. The molecule has 0 aliphatic carbocycles. The summed E-state index contributed by atoms with van der Waals surface area (Å²) in [6, 6.07) is 64.6. The predicted octanol–water partition coefficient (Wildman–Crippen LogP) is 13.8. The molecular formula is C47H30N2OS. The van der Waals surface area contributed by atoms with Gasteiger partial charge in [-0.05, 0) is 99.8 Å². The third-order valence-corrected chi connectivity index (χ3v) is 10.8. The molecule has 0 saturated heterocycles. The summed E-state index contributed by atoms with van der Waals surface area (Å²) in [5.41, 5.74) is 10.8. The summed E-state index contributed by atoms with van der Waals surface area (Å²) in [6.45, 7) is 0. The molecule has 0 amide bonds. The largest absolute Gasteiger partial charge is 0.436 e. The lowest BCUT2D eigenvalue weighted by molar-refractivity contribution is 0.620. The maximum Gasteiger partial charge on any atom is 0.227 e. The van der Waals surface area contributed by atoms with Crippen molar-refractivity contribution < 1.29 is 4.42 Å². The van der Waals surface area contributed by atoms with Crippen molar-refractivity contribution in [2.45, 2.75) is 0 Å². The van der Waals surface area contributed by atoms with Gasteiger partial charge < -0.3 is 9.32 Å². The van der Waals surface area contributed by atoms with E-state index in [2.05, 4.69) is 187 Å². The van der Waals surface area contributed by atoms with Crippen LogP contribution in [-0.2, 0) is 0 Å². The van der Waals surface area contributed by atoms with Crippen molar-refractivity contribution in [3.63, 3.8) is 0 Å². The molecule has 10 aromatic rings. The highest BCUT2D eigenvalue weighted by Gasteiger charge is 2.16. The summed E-state index contributed by atoms with van der Waals surface area (Å²) < 4.78 is 8.79. The Hall–Kier alpha value is -6.49. The number of thiophene rings is 1. The number of nitrogens with zero attached hydrogens (tertiary/aromatic N) is 2. The molecule has 0 spiro atoms. The van der Waals surface area contributed by atoms with E-state index >= 15 is 0 Å². The van der Waals surface area contributed by atoms with E-state index in [0.717, 1.165) is 33.7 Å². The van der Waals surface area contributed by atoms with Gasteiger partial charge in [-0.2, -0.15) is 0 Å². The van der Waals surface area contributed by atoms with Gasteiger partial charge in [-0.3, -0.25) is 0 Å². The molecule has 0 N–H and O–H groups in total. The number of anilines is 3. The topological polar surface area (TPSA) is 29.3 Å². The van der Waals surface area contributed by atoms with Crippen LogP contribution in [0.15, 0.2) is 186 Å². The molecule has 8 aromatic carbocycles. The predicted molar refractivity (Wildman–Crippen MR) is 215 cm³/mol. The quantitative estimate of drug-likeness (QED) is 0.176. The molecule has 10 rings (SSSR count). The molecule has 0 atom stereocenters. The Morgan fingerprint density at radius 2 is 0.980 bits per heavy atom. The van der Waals surface area contributed by atoms with Crippen molar-refractivity contribution >= 4 is 70.4 Å². The van der Waals surface area contributed by atoms with E-state index < -0.39 is 0 Å². The highest BCUT2D eigenvalue weighted by atomic mass is 32.1. The molecule has 0 aliphatic heterocycles. The first-order chi connectivity index (χ1) is 25.2. The Bertz CT molecular complexity index is 2840. The monoisotopic (exact) mass is 670 g/mol. The molecule has 3 nitrogen and oxygen atoms in total. The summed E-state index contributed by atoms with van der Waals surface area (Å²) >= 11 is 1.80. The van der Waals surface area contributed by atoms with Crippen LogP contribution in [-0.4, -0.2) is 4.98 Å². The first-order valence-corrected chi connectivity index (χ1v) is 17.9. The normalized spacial score (nSPS) is 11.5. The second kappa shape index (κ2) is 12.1. The summed E-state index contributed by atoms with van der Waals surface area (Å²) in [6.07, 6.45) is 0. The van der Waals surface area contributed by atoms with Gasteiger partial charge in [0.2, 0.25) is 5.89 Å². The Kier molecular flexibility index (Phi) is 7.00. The number of hydrogen-bond donors (Lipinski definition) is 0. The smallest absolute Gasteiger partial charge is 0.227 e. The molecule has 240 valence electrons. The van der Waals surface area contributed by atoms with Gasteiger partial charge in [-0.15, -0.1) is 11.3 Å². The Labute approximate surface area is 299 Å². The zero-order valence-corrected chi connectivity index (χ0v) is 28.3. The minimum Gasteiger partial charge on any atom is -0.436 e. The molecule has 0 radical (unpaired) electrons. The lowest BCUT2D eigenvalue weighted by Gasteiger charge is -2.26. The lowest BCUT2D eigenvalue weighted by Crippen LogP contribution is -2.09. The van der Waals surface area contributed by atoms with E-state index in [4.69, 9.17) is 9.40 Å². The van der Waals surface area contributed by atoms with Gasteiger partial charge in [-0.1, -0.05) is 115 Å². The molecule has 4 heteroatoms. The highest BCUT2D eigenvalue weighted by Crippen LogP contribution is 2.41. The lowest BCUT2D eigenvalue weighted by atomic mass is 10.0. The third kappa shape index (κ3) is 5.34. The van der Waals surface area contributed by atoms with Gasteiger partial charge in [0.05, 0.1) is 0 Å². The van der Waals surface area contributed by atoms with Crippen LogP contribution < -0.4 is 4.90 Å². The van der Waals surface area contributed by atoms with Gasteiger partial charge in [0.1, 0.15) is 5.52 Å². The standard InChI is InChI=1S/C47H30N2OS/c1-3-9-31(10-4-1)33-17-22-39(23-18-33)49(38-13-5-2-6-14-38)40-24-19-34(20-25-40)36-21-26-41-42-29-44-43(30-46(42)51-45(41)28-36)48-47(50-44)37-16-15-32-11-7-8-12-35(32)27-37/h1-30H. The summed E-state index contributed by atoms with van der Waals surface area (Å²) in [7, 11) is 0. The van der Waals surface area contributed by atoms with Crippen molar-refractivity contribution in [2.24, 2.45) is 0 Å². The second-order valence-corrected chi connectivity index (χ2v) is 13.9. The van der Waals surface area contributed by atoms with Gasteiger partial charge in [-0.25, -0.2) is 4.98 Å². The van der Waals surface area contributed by atoms with E-state index in [0.29, 0.717) is 5.89 Å². The molecule has 2 aromatic heterocycles. The van der Waals surface area contributed by atoms with Gasteiger partial charge in [0.15, 0.2) is 5.58 Å². The van der Waals surface area contributed by atoms with Crippen LogP contribution in [0.1, 0.15) is 0 Å². The molecule has 51 heavy (non-hydrogen) atoms. The fraction of sp³-hybridized carbons (Fsp3) is 0. The molecule has 0 saturated carbocycles. The number of rotatable bonds is 6. The Balaban J connectivity index is 0.965. The molecule has 0 bridgehead atoms. The number of para-hydroxylation sites is 1. The van der Waals surface area contributed by atoms with Crippen LogP contribution in [0.3, 0.4) is 0 Å². The van der Waals surface area contributed by atoms with E-state index in [-0.39, 0.29) is 0 Å². The fourth-order valence-corrected chi connectivity index (χ4v) is 8.24. The van der Waals surface area contributed by atoms with Gasteiger partial charge >= 0.3 is 0 Å². The third-order valence-electron chi connectivity index (χ3n) is 9.68. The van der Waals surface area contributed by atoms with Crippen molar-refractivity contribution in [2.75, 3.05) is 4.90 Å². The number of benzene rings is 8. The van der Waals surface area contributed by atoms with E-state index in [1.807, 2.05) is 0 Å². The van der Waals surface area contributed by atoms with Crippen LogP contribution in [0.25, 0.3) is 75.8 Å². The van der Waals surface area contributed by atoms with Crippen molar-refractivity contribution in [3.8, 4) is 33.7 Å². The average molecular weight is 671 g/mol. The number of fused-ring (bicyclic) bond motifs is 5. The molecule has 2 heterocycles. The molecular weight excluding hydrogens is 641 g/mol. The zero-order valence-electron chi connectivity index (χ0n) is 27.5. The van der Waals surface area contributed by atoms with Crippen LogP contribution in [0.4, 0.5) is 17.1 Å². The van der Waals surface area contributed by atoms with Gasteiger partial charge in [0, 0.05) is 42.8 Å². The first kappa shape index (κ1) is 29.4. The molecule has 0 aliphatic rings. The minimum absolute atomic E-state index is 0.651. The van der Waals surface area contributed by atoms with Crippen LogP contribution in [0.5, 0.6) is 0 Å². The summed E-state index contributed by atoms with van der Waals surface area (Å²) in [5, 5.41) is 4.81. The highest BCUT2D eigenvalue weighted by molar-refractivity contribution is 7.25. The minimum atomic E-state index is 0.651. The summed E-state index contributed by atoms with van der Waals surface area (Å²) in [5.74, 6) is 0.651. The Morgan fingerprint density at radius 3 is 1.73 bits per heavy atom. The summed E-state index contributed by atoms with van der Waals surface area (Å²) in [4.78, 5) is 7.20. The van der Waals surface area contributed by atoms with Crippen LogP contribution in [0.2, 0.25) is 0 Å². The number of aromatic nitrogens is 1. The Morgan fingerprint density at radius 1 is 0.412 bits per heavy atom. The van der Waals surface area contributed by atoms with E-state index in [1.165, 1.54) is 53.2 Å². The van der Waals surface area contributed by atoms with Crippen molar-refractivity contribution in [1.29, 1.82) is 0 Å². The number of hydrogen-bond acceptors (Lipinski definition) is 4.